The van der Waals surface area contributed by atoms with E-state index in [2.05, 4.69) is 15.7 Å². The lowest BCUT2D eigenvalue weighted by atomic mass is 10.1. The van der Waals surface area contributed by atoms with Crippen molar-refractivity contribution < 1.29 is 19.1 Å². The molecule has 9 nitrogen and oxygen atoms in total. The van der Waals surface area contributed by atoms with Gasteiger partial charge in [0.15, 0.2) is 0 Å². The second-order valence-corrected chi connectivity index (χ2v) is 11.1. The van der Waals surface area contributed by atoms with Gasteiger partial charge < -0.3 is 25.7 Å². The average Bonchev–Trinajstić information content (AvgIpc) is 3.60. The molecule has 0 aliphatic heterocycles. The van der Waals surface area contributed by atoms with E-state index in [0.717, 1.165) is 39.2 Å². The van der Waals surface area contributed by atoms with E-state index in [1.165, 1.54) is 24.0 Å². The lowest BCUT2D eigenvalue weighted by molar-refractivity contribution is -0.137. The fraction of sp³-hybridized carbons (Fsp3) is 0.310. The van der Waals surface area contributed by atoms with Crippen LogP contribution in [0.5, 0.6) is 0 Å². The van der Waals surface area contributed by atoms with Gasteiger partial charge in [-0.1, -0.05) is 11.8 Å². The predicted molar refractivity (Wildman–Crippen MR) is 153 cm³/mol. The Morgan fingerprint density at radius 3 is 2.77 bits per heavy atom. The van der Waals surface area contributed by atoms with Crippen LogP contribution in [0.25, 0.3) is 10.9 Å². The molecule has 0 bridgehead atoms. The molecular formula is C29H31FN6O3S. The van der Waals surface area contributed by atoms with Crippen molar-refractivity contribution in [3.8, 4) is 0 Å². The van der Waals surface area contributed by atoms with Crippen LogP contribution in [0.2, 0.25) is 0 Å². The summed E-state index contributed by atoms with van der Waals surface area (Å²) in [6.07, 6.45) is 5.30. The van der Waals surface area contributed by atoms with Crippen molar-refractivity contribution >= 4 is 46.4 Å². The molecule has 4 aromatic rings. The minimum absolute atomic E-state index is 0.0172. The van der Waals surface area contributed by atoms with Gasteiger partial charge in [-0.15, -0.1) is 0 Å². The SMILES string of the molecule is Cc1c(Sc2ccc3c(cnn3C)c2)cc(C(=O)NCc2c(F)ccc(C=N)c2NC2CC2)n1CCCC(=O)O. The van der Waals surface area contributed by atoms with Gasteiger partial charge in [0, 0.05) is 70.8 Å². The molecule has 5 rings (SSSR count). The van der Waals surface area contributed by atoms with Gasteiger partial charge >= 0.3 is 5.97 Å². The first-order valence-corrected chi connectivity index (χ1v) is 13.9. The standard InChI is InChI=1S/C29H31FN6O3S/c1-17-26(40-21-8-10-24-19(12-21)15-33-35(24)2)13-25(36(17)11-3-4-27(37)38)29(39)32-16-22-23(30)9-5-18(14-31)28(22)34-20-6-7-20/h5,8-10,12-15,20,31,34H,3-4,6-7,11,16H2,1-2H3,(H,32,39)(H,37,38). The molecule has 2 aromatic carbocycles. The number of hydrogen-bond acceptors (Lipinski definition) is 6. The third-order valence-corrected chi connectivity index (χ3v) is 8.19. The molecule has 40 heavy (non-hydrogen) atoms. The number of rotatable bonds is 12. The topological polar surface area (TPSA) is 125 Å². The predicted octanol–water partition coefficient (Wildman–Crippen LogP) is 5.34. The summed E-state index contributed by atoms with van der Waals surface area (Å²) in [5.74, 6) is -1.73. The van der Waals surface area contributed by atoms with Crippen LogP contribution in [0.15, 0.2) is 52.4 Å². The van der Waals surface area contributed by atoms with Gasteiger partial charge in [0.25, 0.3) is 5.91 Å². The number of benzene rings is 2. The smallest absolute Gasteiger partial charge is 0.303 e. The summed E-state index contributed by atoms with van der Waals surface area (Å²) in [4.78, 5) is 26.5. The number of amides is 1. The summed E-state index contributed by atoms with van der Waals surface area (Å²) < 4.78 is 18.5. The lowest BCUT2D eigenvalue weighted by Gasteiger charge is -2.17. The highest BCUT2D eigenvalue weighted by molar-refractivity contribution is 7.99. The Bertz CT molecular complexity index is 1610. The second kappa shape index (κ2) is 11.5. The van der Waals surface area contributed by atoms with Crippen LogP contribution < -0.4 is 10.6 Å². The van der Waals surface area contributed by atoms with Crippen LogP contribution >= 0.6 is 11.8 Å². The first-order chi connectivity index (χ1) is 19.2. The molecule has 0 atom stereocenters. The molecule has 1 saturated carbocycles. The van der Waals surface area contributed by atoms with Gasteiger partial charge in [-0.25, -0.2) is 4.39 Å². The fourth-order valence-corrected chi connectivity index (χ4v) is 5.72. The van der Waals surface area contributed by atoms with Gasteiger partial charge in [0.1, 0.15) is 11.5 Å². The molecular weight excluding hydrogens is 531 g/mol. The Kier molecular flexibility index (Phi) is 7.92. The molecule has 2 heterocycles. The minimum atomic E-state index is -0.896. The number of aliphatic carboxylic acids is 1. The van der Waals surface area contributed by atoms with E-state index in [1.54, 1.807) is 18.3 Å². The number of carboxylic acid groups (broad SMARTS) is 1. The summed E-state index contributed by atoms with van der Waals surface area (Å²) in [7, 11) is 1.89. The number of carbonyl (C=O) groups is 2. The maximum absolute atomic E-state index is 14.9. The first kappa shape index (κ1) is 27.4. The lowest BCUT2D eigenvalue weighted by Crippen LogP contribution is -2.27. The number of carbonyl (C=O) groups excluding carboxylic acids is 1. The Balaban J connectivity index is 1.41. The molecule has 0 saturated heterocycles. The van der Waals surface area contributed by atoms with E-state index in [9.17, 15) is 14.0 Å². The monoisotopic (exact) mass is 562 g/mol. The Morgan fingerprint density at radius 1 is 1.25 bits per heavy atom. The maximum Gasteiger partial charge on any atom is 0.303 e. The number of aryl methyl sites for hydroxylation is 1. The molecule has 4 N–H and O–H groups in total. The largest absolute Gasteiger partial charge is 0.481 e. The van der Waals surface area contributed by atoms with E-state index >= 15 is 0 Å². The molecule has 2 aromatic heterocycles. The number of anilines is 1. The van der Waals surface area contributed by atoms with Gasteiger partial charge in [-0.3, -0.25) is 14.3 Å². The van der Waals surface area contributed by atoms with Crippen molar-refractivity contribution in [3.63, 3.8) is 0 Å². The second-order valence-electron chi connectivity index (χ2n) is 9.95. The maximum atomic E-state index is 14.9. The molecule has 0 radical (unpaired) electrons. The third-order valence-electron chi connectivity index (χ3n) is 7.07. The molecule has 1 amide bonds. The molecule has 1 aliphatic rings. The summed E-state index contributed by atoms with van der Waals surface area (Å²) >= 11 is 1.52. The van der Waals surface area contributed by atoms with E-state index in [0.29, 0.717) is 35.5 Å². The van der Waals surface area contributed by atoms with Crippen molar-refractivity contribution in [2.24, 2.45) is 7.05 Å². The number of fused-ring (bicyclic) bond motifs is 1. The zero-order valence-corrected chi connectivity index (χ0v) is 23.1. The summed E-state index contributed by atoms with van der Waals surface area (Å²) in [6.45, 7) is 2.21. The molecule has 0 unspecified atom stereocenters. The molecule has 1 fully saturated rings. The van der Waals surface area contributed by atoms with Crippen molar-refractivity contribution in [3.05, 3.63) is 70.9 Å². The summed E-state index contributed by atoms with van der Waals surface area (Å²) in [5.41, 5.74) is 3.65. The van der Waals surface area contributed by atoms with Gasteiger partial charge in [0.2, 0.25) is 0 Å². The zero-order valence-electron chi connectivity index (χ0n) is 22.3. The van der Waals surface area contributed by atoms with Crippen molar-refractivity contribution in [1.82, 2.24) is 19.7 Å². The third kappa shape index (κ3) is 5.89. The van der Waals surface area contributed by atoms with Crippen molar-refractivity contribution in [2.75, 3.05) is 5.32 Å². The van der Waals surface area contributed by atoms with Crippen LogP contribution in [0.3, 0.4) is 0 Å². The minimum Gasteiger partial charge on any atom is -0.481 e. The Labute approximate surface area is 235 Å². The van der Waals surface area contributed by atoms with Crippen molar-refractivity contribution in [2.45, 2.75) is 61.5 Å². The van der Waals surface area contributed by atoms with Gasteiger partial charge in [0.05, 0.1) is 17.4 Å². The Morgan fingerprint density at radius 2 is 2.05 bits per heavy atom. The molecule has 11 heteroatoms. The van der Waals surface area contributed by atoms with E-state index in [4.69, 9.17) is 10.5 Å². The molecule has 208 valence electrons. The quantitative estimate of drug-likeness (QED) is 0.173. The molecule has 1 aliphatic carbocycles. The number of halogens is 1. The number of nitrogens with one attached hydrogen (secondary N) is 3. The van der Waals surface area contributed by atoms with Crippen molar-refractivity contribution in [1.29, 1.82) is 5.41 Å². The van der Waals surface area contributed by atoms with Crippen LogP contribution in [-0.2, 0) is 24.9 Å². The van der Waals surface area contributed by atoms with E-state index < -0.39 is 11.8 Å². The van der Waals surface area contributed by atoms with Crippen LogP contribution in [0.4, 0.5) is 10.1 Å². The van der Waals surface area contributed by atoms with Crippen LogP contribution in [-0.4, -0.2) is 43.6 Å². The van der Waals surface area contributed by atoms with Gasteiger partial charge in [-0.05, 0) is 62.6 Å². The van der Waals surface area contributed by atoms with Gasteiger partial charge in [-0.2, -0.15) is 5.10 Å². The average molecular weight is 563 g/mol. The van der Waals surface area contributed by atoms with Crippen LogP contribution in [0, 0.1) is 18.2 Å². The summed E-state index contributed by atoms with van der Waals surface area (Å²) in [6, 6.07) is 11.0. The van der Waals surface area contributed by atoms with E-state index in [1.807, 2.05) is 41.4 Å². The number of carboxylic acids is 1. The normalized spacial score (nSPS) is 13.0. The number of aromatic nitrogens is 3. The highest BCUT2D eigenvalue weighted by Gasteiger charge is 2.25. The first-order valence-electron chi connectivity index (χ1n) is 13.1. The number of hydrogen-bond donors (Lipinski definition) is 4. The summed E-state index contributed by atoms with van der Waals surface area (Å²) in [5, 5.41) is 28.3. The Hall–Kier alpha value is -4.12. The number of nitrogens with zero attached hydrogens (tertiary/aromatic N) is 3. The highest BCUT2D eigenvalue weighted by Crippen LogP contribution is 2.35. The molecule has 0 spiro atoms. The van der Waals surface area contributed by atoms with Crippen LogP contribution in [0.1, 0.15) is 53.0 Å². The fourth-order valence-electron chi connectivity index (χ4n) is 4.72. The zero-order chi connectivity index (χ0) is 28.4. The van der Waals surface area contributed by atoms with E-state index in [-0.39, 0.29) is 24.9 Å². The highest BCUT2D eigenvalue weighted by atomic mass is 32.2.